The van der Waals surface area contributed by atoms with Crippen molar-refractivity contribution in [3.8, 4) is 6.07 Å². The number of benzene rings is 1. The van der Waals surface area contributed by atoms with Gasteiger partial charge in [-0.1, -0.05) is 18.2 Å². The summed E-state index contributed by atoms with van der Waals surface area (Å²) in [5.74, 6) is 0. The molecule has 0 saturated carbocycles. The predicted molar refractivity (Wildman–Crippen MR) is 87.5 cm³/mol. The molecule has 0 unspecified atom stereocenters. The first-order chi connectivity index (χ1) is 10.9. The zero-order valence-corrected chi connectivity index (χ0v) is 14.0. The molecule has 0 heterocycles. The summed E-state index contributed by atoms with van der Waals surface area (Å²) in [7, 11) is 3.95. The van der Waals surface area contributed by atoms with Gasteiger partial charge >= 0.3 is 11.4 Å². The fraction of sp³-hybridized carbons (Fsp3) is 0.333. The molecule has 0 amide bonds. The number of nitrogens with zero attached hydrogens (tertiary/aromatic N) is 3. The van der Waals surface area contributed by atoms with E-state index in [9.17, 15) is 15.7 Å². The minimum atomic E-state index is -0.0692. The van der Waals surface area contributed by atoms with Gasteiger partial charge in [-0.2, -0.15) is 10.7 Å². The number of nitrogens with two attached hydrogens (primary N) is 1. The molecule has 0 radical (unpaired) electrons. The van der Waals surface area contributed by atoms with Gasteiger partial charge in [0.2, 0.25) is 5.69 Å². The summed E-state index contributed by atoms with van der Waals surface area (Å²) in [6, 6.07) is 6.45. The van der Waals surface area contributed by atoms with Crippen LogP contribution in [0.5, 0.6) is 0 Å². The van der Waals surface area contributed by atoms with Crippen LogP contribution in [0.25, 0.3) is 0 Å². The molecular weight excluding hydrogens is 318 g/mol. The quantitative estimate of drug-likeness (QED) is 0.141. The van der Waals surface area contributed by atoms with Crippen LogP contribution in [0.3, 0.4) is 0 Å². The van der Waals surface area contributed by atoms with Gasteiger partial charge in [0.25, 0.3) is 0 Å². The van der Waals surface area contributed by atoms with Gasteiger partial charge in [-0.3, -0.25) is 5.21 Å². The molecule has 23 heavy (non-hydrogen) atoms. The number of rotatable bonds is 8. The smallest absolute Gasteiger partial charge is 0.356 e. The highest BCUT2D eigenvalue weighted by Crippen LogP contribution is 2.24. The number of allylic oxidation sites excluding steroid dienone is 1. The molecule has 0 saturated heterocycles. The highest BCUT2D eigenvalue weighted by Gasteiger charge is 2.26. The third kappa shape index (κ3) is 5.54. The van der Waals surface area contributed by atoms with Gasteiger partial charge in [-0.25, -0.2) is 5.21 Å². The number of quaternary nitrogens is 1. The van der Waals surface area contributed by atoms with Gasteiger partial charge in [-0.05, 0) is 33.1 Å². The van der Waals surface area contributed by atoms with Crippen LogP contribution in [0.4, 0.5) is 11.4 Å². The van der Waals surface area contributed by atoms with Crippen molar-refractivity contribution < 1.29 is 20.6 Å². The first kappa shape index (κ1) is 18.9. The summed E-state index contributed by atoms with van der Waals surface area (Å²) < 4.78 is 0.662. The van der Waals surface area contributed by atoms with E-state index in [0.717, 1.165) is 18.4 Å². The lowest BCUT2D eigenvalue weighted by molar-refractivity contribution is -0.830. The third-order valence-corrected chi connectivity index (χ3v) is 3.32. The van der Waals surface area contributed by atoms with Gasteiger partial charge in [0, 0.05) is 28.4 Å². The average molecular weight is 340 g/mol. The molecule has 1 aromatic carbocycles. The van der Waals surface area contributed by atoms with E-state index < -0.39 is 0 Å². The molecule has 5 N–H and O–H groups in total. The number of nitrogens with one attached hydrogen (secondary N) is 1. The monoisotopic (exact) mass is 339 g/mol. The molecule has 0 aliphatic rings. The highest BCUT2D eigenvalue weighted by molar-refractivity contribution is 6.30. The van der Waals surface area contributed by atoms with Crippen molar-refractivity contribution in [2.75, 3.05) is 27.2 Å². The number of halogens is 1. The van der Waals surface area contributed by atoms with Gasteiger partial charge in [0.15, 0.2) is 6.07 Å². The third-order valence-electron chi connectivity index (χ3n) is 3.08. The van der Waals surface area contributed by atoms with Gasteiger partial charge in [0.05, 0.1) is 0 Å². The maximum Gasteiger partial charge on any atom is 0.356 e. The molecule has 0 atom stereocenters. The number of hydrogen-bond donors (Lipinski definition) is 4. The second-order valence-corrected chi connectivity index (χ2v) is 5.60. The molecule has 0 aliphatic carbocycles. The van der Waals surface area contributed by atoms with Crippen LogP contribution in [0.1, 0.15) is 6.42 Å². The van der Waals surface area contributed by atoms with Crippen LogP contribution < -0.4 is 10.8 Å². The maximum atomic E-state index is 10.3. The van der Waals surface area contributed by atoms with E-state index in [0.29, 0.717) is 22.0 Å². The molecule has 0 spiro atoms. The zero-order chi connectivity index (χ0) is 17.4. The summed E-state index contributed by atoms with van der Waals surface area (Å²) in [6.45, 7) is 5.28. The Morgan fingerprint density at radius 2 is 2.22 bits per heavy atom. The molecule has 8 heteroatoms. The van der Waals surface area contributed by atoms with Gasteiger partial charge in [-0.15, -0.1) is 0 Å². The Morgan fingerprint density at radius 3 is 2.78 bits per heavy atom. The van der Waals surface area contributed by atoms with Crippen LogP contribution in [0.15, 0.2) is 30.5 Å². The van der Waals surface area contributed by atoms with E-state index in [1.54, 1.807) is 6.07 Å². The van der Waals surface area contributed by atoms with E-state index in [-0.39, 0.29) is 17.1 Å². The SMILES string of the molecule is C=C(NCCCN(C)C)/C(C#N)=[N+](/O)c1cc(Cl)ccc1[NH2+]O. The van der Waals surface area contributed by atoms with Crippen molar-refractivity contribution in [3.05, 3.63) is 35.5 Å². The Balaban J connectivity index is 2.98. The lowest BCUT2D eigenvalue weighted by Crippen LogP contribution is -2.73. The minimum Gasteiger partial charge on any atom is -0.379 e. The van der Waals surface area contributed by atoms with Crippen LogP contribution in [-0.4, -0.2) is 52.9 Å². The number of nitriles is 1. The molecule has 0 aliphatic heterocycles. The molecule has 124 valence electrons. The van der Waals surface area contributed by atoms with E-state index >= 15 is 0 Å². The maximum absolute atomic E-state index is 10.3. The lowest BCUT2D eigenvalue weighted by Gasteiger charge is -2.10. The van der Waals surface area contributed by atoms with Crippen LogP contribution in [0, 0.1) is 11.3 Å². The summed E-state index contributed by atoms with van der Waals surface area (Å²) in [4.78, 5) is 2.05. The molecule has 1 rings (SSSR count). The molecule has 0 bridgehead atoms. The minimum absolute atomic E-state index is 0.0692. The van der Waals surface area contributed by atoms with Crippen LogP contribution >= 0.6 is 11.6 Å². The highest BCUT2D eigenvalue weighted by atomic mass is 35.5. The molecule has 0 aromatic heterocycles. The zero-order valence-electron chi connectivity index (χ0n) is 13.3. The van der Waals surface area contributed by atoms with Crippen molar-refractivity contribution in [2.45, 2.75) is 6.42 Å². The fourth-order valence-electron chi connectivity index (χ4n) is 1.89. The van der Waals surface area contributed by atoms with Gasteiger partial charge in [0.1, 0.15) is 5.70 Å². The Labute approximate surface area is 140 Å². The van der Waals surface area contributed by atoms with E-state index in [1.165, 1.54) is 12.1 Å². The number of hydrogen-bond acceptors (Lipinski definition) is 5. The van der Waals surface area contributed by atoms with E-state index in [1.807, 2.05) is 25.1 Å². The lowest BCUT2D eigenvalue weighted by atomic mass is 10.2. The topological polar surface area (TPSA) is 99.1 Å². The first-order valence-corrected chi connectivity index (χ1v) is 7.39. The second kappa shape index (κ2) is 9.12. The fourth-order valence-corrected chi connectivity index (χ4v) is 2.06. The largest absolute Gasteiger partial charge is 0.379 e. The molecule has 1 aromatic rings. The molecule has 7 nitrogen and oxygen atoms in total. The average Bonchev–Trinajstić information content (AvgIpc) is 2.51. The van der Waals surface area contributed by atoms with Crippen LogP contribution in [0.2, 0.25) is 5.02 Å². The Bertz CT molecular complexity index is 637. The van der Waals surface area contributed by atoms with E-state index in [4.69, 9.17) is 11.6 Å². The van der Waals surface area contributed by atoms with Gasteiger partial charge < -0.3 is 10.2 Å². The summed E-state index contributed by atoms with van der Waals surface area (Å²) in [5, 5.41) is 32.2. The second-order valence-electron chi connectivity index (χ2n) is 5.17. The molecular formula is C15H22ClN5O2+2. The Morgan fingerprint density at radius 1 is 1.52 bits per heavy atom. The van der Waals surface area contributed by atoms with Crippen molar-refractivity contribution in [3.63, 3.8) is 0 Å². The normalized spacial score (nSPS) is 11.8. The first-order valence-electron chi connectivity index (χ1n) is 7.01. The molecule has 0 fully saturated rings. The predicted octanol–water partition coefficient (Wildman–Crippen LogP) is 0.977. The Hall–Kier alpha value is -2.11. The van der Waals surface area contributed by atoms with Crippen molar-refractivity contribution in [1.29, 1.82) is 5.26 Å². The van der Waals surface area contributed by atoms with Crippen molar-refractivity contribution in [2.24, 2.45) is 0 Å². The van der Waals surface area contributed by atoms with Crippen molar-refractivity contribution in [1.82, 2.24) is 10.2 Å². The standard InChI is InChI=1S/C15H21ClN5O2/c1-11(18-7-4-8-20(2)3)15(10-17)21(23)14-9-12(16)5-6-13(14)19-22/h5-6,9,18-19,22-23H,1,4,7-8H2,2-3H3/q+1/p+1/b21-15+. The van der Waals surface area contributed by atoms with Crippen LogP contribution in [-0.2, 0) is 0 Å². The summed E-state index contributed by atoms with van der Waals surface area (Å²) in [6.07, 6.45) is 0.864. The van der Waals surface area contributed by atoms with Crippen molar-refractivity contribution >= 4 is 28.7 Å². The summed E-state index contributed by atoms with van der Waals surface area (Å²) >= 11 is 5.91. The Kier molecular flexibility index (Phi) is 7.51. The van der Waals surface area contributed by atoms with E-state index in [2.05, 4.69) is 11.9 Å². The summed E-state index contributed by atoms with van der Waals surface area (Å²) in [5.41, 5.74) is 1.56.